The summed E-state index contributed by atoms with van der Waals surface area (Å²) in [5, 5.41) is 2.76. The predicted octanol–water partition coefficient (Wildman–Crippen LogP) is 1.09. The minimum atomic E-state index is -0.626. The van der Waals surface area contributed by atoms with Crippen LogP contribution in [-0.4, -0.2) is 31.1 Å². The first-order valence-electron chi connectivity index (χ1n) is 6.14. The van der Waals surface area contributed by atoms with Gasteiger partial charge in [-0.15, -0.1) is 0 Å². The number of amides is 2. The van der Waals surface area contributed by atoms with E-state index in [2.05, 4.69) is 5.32 Å². The minimum absolute atomic E-state index is 0.203. The fourth-order valence-corrected chi connectivity index (χ4v) is 1.55. The molecule has 0 saturated carbocycles. The molecule has 0 aliphatic rings. The van der Waals surface area contributed by atoms with E-state index in [9.17, 15) is 9.59 Å². The van der Waals surface area contributed by atoms with Crippen molar-refractivity contribution in [2.24, 2.45) is 5.73 Å². The highest BCUT2D eigenvalue weighted by Gasteiger charge is 2.16. The first-order chi connectivity index (χ1) is 9.23. The lowest BCUT2D eigenvalue weighted by molar-refractivity contribution is -0.124. The lowest BCUT2D eigenvalue weighted by Gasteiger charge is -2.20. The number of carbonyl (C=O) groups is 2. The number of primary amides is 1. The molecular formula is C14H20N2O4. The molecule has 1 rings (SSSR count). The molecule has 0 fully saturated rings. The monoisotopic (exact) mass is 280 g/mol. The maximum Gasteiger partial charge on any atom is 0.258 e. The lowest BCUT2D eigenvalue weighted by Crippen LogP contribution is -2.43. The summed E-state index contributed by atoms with van der Waals surface area (Å²) < 4.78 is 10.4. The lowest BCUT2D eigenvalue weighted by atomic mass is 10.1. The molecule has 6 nitrogen and oxygen atoms in total. The Morgan fingerprint density at radius 2 is 1.95 bits per heavy atom. The SMILES string of the molecule is COc1ccc(C(N)=O)c(OCC(=O)NC(C)(C)C)c1. The van der Waals surface area contributed by atoms with Crippen LogP contribution in [0, 0.1) is 0 Å². The van der Waals surface area contributed by atoms with E-state index >= 15 is 0 Å². The average molecular weight is 280 g/mol. The normalized spacial score (nSPS) is 10.8. The van der Waals surface area contributed by atoms with Crippen molar-refractivity contribution in [1.29, 1.82) is 0 Å². The van der Waals surface area contributed by atoms with E-state index in [1.54, 1.807) is 6.07 Å². The number of methoxy groups -OCH3 is 1. The summed E-state index contributed by atoms with van der Waals surface area (Å²) in [6, 6.07) is 4.62. The van der Waals surface area contributed by atoms with Crippen molar-refractivity contribution < 1.29 is 19.1 Å². The van der Waals surface area contributed by atoms with Crippen LogP contribution >= 0.6 is 0 Å². The highest BCUT2D eigenvalue weighted by Crippen LogP contribution is 2.24. The number of benzene rings is 1. The van der Waals surface area contributed by atoms with E-state index in [4.69, 9.17) is 15.2 Å². The van der Waals surface area contributed by atoms with E-state index in [1.807, 2.05) is 20.8 Å². The van der Waals surface area contributed by atoms with Crippen LogP contribution in [0.3, 0.4) is 0 Å². The maximum absolute atomic E-state index is 11.7. The number of hydrogen-bond donors (Lipinski definition) is 2. The Hall–Kier alpha value is -2.24. The Morgan fingerprint density at radius 1 is 1.30 bits per heavy atom. The molecule has 0 bridgehead atoms. The topological polar surface area (TPSA) is 90.7 Å². The molecule has 20 heavy (non-hydrogen) atoms. The Kier molecular flexibility index (Phi) is 4.96. The van der Waals surface area contributed by atoms with Crippen molar-refractivity contribution in [3.63, 3.8) is 0 Å². The van der Waals surface area contributed by atoms with Gasteiger partial charge in [0, 0.05) is 11.6 Å². The predicted molar refractivity (Wildman–Crippen MR) is 74.9 cm³/mol. The molecule has 2 amide bonds. The molecule has 0 radical (unpaired) electrons. The van der Waals surface area contributed by atoms with E-state index < -0.39 is 5.91 Å². The molecule has 1 aromatic rings. The van der Waals surface area contributed by atoms with Gasteiger partial charge in [-0.2, -0.15) is 0 Å². The zero-order chi connectivity index (χ0) is 15.3. The largest absolute Gasteiger partial charge is 0.497 e. The number of rotatable bonds is 5. The minimum Gasteiger partial charge on any atom is -0.497 e. The van der Waals surface area contributed by atoms with Gasteiger partial charge in [0.2, 0.25) is 0 Å². The van der Waals surface area contributed by atoms with Crippen molar-refractivity contribution in [3.8, 4) is 11.5 Å². The zero-order valence-electron chi connectivity index (χ0n) is 12.1. The molecule has 0 aliphatic carbocycles. The van der Waals surface area contributed by atoms with Crippen molar-refractivity contribution in [2.75, 3.05) is 13.7 Å². The zero-order valence-corrected chi connectivity index (χ0v) is 12.1. The molecule has 0 unspecified atom stereocenters. The van der Waals surface area contributed by atoms with Crippen LogP contribution in [0.25, 0.3) is 0 Å². The standard InChI is InChI=1S/C14H20N2O4/c1-14(2,3)16-12(17)8-20-11-7-9(19-4)5-6-10(11)13(15)18/h5-7H,8H2,1-4H3,(H2,15,18)(H,16,17). The van der Waals surface area contributed by atoms with Gasteiger partial charge in [0.1, 0.15) is 11.5 Å². The number of carbonyl (C=O) groups excluding carboxylic acids is 2. The molecule has 110 valence electrons. The van der Waals surface area contributed by atoms with Gasteiger partial charge in [0.05, 0.1) is 12.7 Å². The van der Waals surface area contributed by atoms with E-state index in [0.717, 1.165) is 0 Å². The van der Waals surface area contributed by atoms with Gasteiger partial charge in [-0.05, 0) is 32.9 Å². The van der Waals surface area contributed by atoms with Gasteiger partial charge in [-0.3, -0.25) is 9.59 Å². The fourth-order valence-electron chi connectivity index (χ4n) is 1.55. The van der Waals surface area contributed by atoms with Crippen molar-refractivity contribution >= 4 is 11.8 Å². The quantitative estimate of drug-likeness (QED) is 0.844. The molecule has 3 N–H and O–H groups in total. The van der Waals surface area contributed by atoms with Crippen LogP contribution in [0.15, 0.2) is 18.2 Å². The number of nitrogens with two attached hydrogens (primary N) is 1. The molecular weight excluding hydrogens is 260 g/mol. The van der Waals surface area contributed by atoms with Crippen molar-refractivity contribution in [2.45, 2.75) is 26.3 Å². The van der Waals surface area contributed by atoms with Crippen LogP contribution in [0.1, 0.15) is 31.1 Å². The van der Waals surface area contributed by atoms with Crippen molar-refractivity contribution in [3.05, 3.63) is 23.8 Å². The van der Waals surface area contributed by atoms with E-state index in [0.29, 0.717) is 5.75 Å². The summed E-state index contributed by atoms with van der Waals surface area (Å²) in [5.41, 5.74) is 5.11. The van der Waals surface area contributed by atoms with Crippen LogP contribution in [0.4, 0.5) is 0 Å². The third kappa shape index (κ3) is 4.79. The Labute approximate surface area is 118 Å². The molecule has 1 aromatic carbocycles. The van der Waals surface area contributed by atoms with Gasteiger partial charge < -0.3 is 20.5 Å². The molecule has 0 atom stereocenters. The van der Waals surface area contributed by atoms with Crippen LogP contribution in [0.2, 0.25) is 0 Å². The summed E-state index contributed by atoms with van der Waals surface area (Å²) >= 11 is 0. The maximum atomic E-state index is 11.7. The second-order valence-corrected chi connectivity index (χ2v) is 5.31. The number of ether oxygens (including phenoxy) is 2. The van der Waals surface area contributed by atoms with Gasteiger partial charge in [-0.25, -0.2) is 0 Å². The summed E-state index contributed by atoms with van der Waals surface area (Å²) in [5.74, 6) is -0.170. The summed E-state index contributed by atoms with van der Waals surface area (Å²) in [4.78, 5) is 23.0. The highest BCUT2D eigenvalue weighted by molar-refractivity contribution is 5.96. The molecule has 0 saturated heterocycles. The van der Waals surface area contributed by atoms with E-state index in [1.165, 1.54) is 19.2 Å². The second kappa shape index (κ2) is 6.27. The van der Waals surface area contributed by atoms with Gasteiger partial charge in [0.25, 0.3) is 11.8 Å². The second-order valence-electron chi connectivity index (χ2n) is 5.31. The molecule has 0 heterocycles. The number of hydrogen-bond acceptors (Lipinski definition) is 4. The van der Waals surface area contributed by atoms with Gasteiger partial charge in [0.15, 0.2) is 6.61 Å². The Bertz CT molecular complexity index is 506. The van der Waals surface area contributed by atoms with Gasteiger partial charge in [-0.1, -0.05) is 0 Å². The van der Waals surface area contributed by atoms with Gasteiger partial charge >= 0.3 is 0 Å². The van der Waals surface area contributed by atoms with Crippen molar-refractivity contribution in [1.82, 2.24) is 5.32 Å². The third-order valence-electron chi connectivity index (χ3n) is 2.33. The third-order valence-corrected chi connectivity index (χ3v) is 2.33. The Balaban J connectivity index is 2.80. The number of nitrogens with one attached hydrogen (secondary N) is 1. The molecule has 0 spiro atoms. The highest BCUT2D eigenvalue weighted by atomic mass is 16.5. The average Bonchev–Trinajstić information content (AvgIpc) is 2.33. The molecule has 0 aliphatic heterocycles. The summed E-state index contributed by atoms with van der Waals surface area (Å²) in [6.07, 6.45) is 0. The first-order valence-corrected chi connectivity index (χ1v) is 6.14. The molecule has 0 aromatic heterocycles. The van der Waals surface area contributed by atoms with Crippen LogP contribution < -0.4 is 20.5 Å². The van der Waals surface area contributed by atoms with Crippen LogP contribution in [-0.2, 0) is 4.79 Å². The fraction of sp³-hybridized carbons (Fsp3) is 0.429. The Morgan fingerprint density at radius 3 is 2.45 bits per heavy atom. The molecule has 6 heteroatoms. The van der Waals surface area contributed by atoms with Crippen LogP contribution in [0.5, 0.6) is 11.5 Å². The summed E-state index contributed by atoms with van der Waals surface area (Å²) in [7, 11) is 1.50. The first kappa shape index (κ1) is 15.8. The van der Waals surface area contributed by atoms with E-state index in [-0.39, 0.29) is 29.4 Å². The smallest absolute Gasteiger partial charge is 0.258 e. The summed E-state index contributed by atoms with van der Waals surface area (Å²) in [6.45, 7) is 5.40.